The van der Waals surface area contributed by atoms with Gasteiger partial charge in [-0.2, -0.15) is 0 Å². The van der Waals surface area contributed by atoms with Gasteiger partial charge < -0.3 is 9.30 Å². The van der Waals surface area contributed by atoms with Crippen LogP contribution in [0.4, 0.5) is 4.39 Å². The molecule has 5 nitrogen and oxygen atoms in total. The van der Waals surface area contributed by atoms with Crippen LogP contribution in [0.2, 0.25) is 0 Å². The van der Waals surface area contributed by atoms with E-state index in [0.29, 0.717) is 17.8 Å². The summed E-state index contributed by atoms with van der Waals surface area (Å²) >= 11 is 0. The van der Waals surface area contributed by atoms with Crippen LogP contribution in [0.15, 0.2) is 87.5 Å². The molecule has 0 amide bonds. The van der Waals surface area contributed by atoms with Gasteiger partial charge >= 0.3 is 0 Å². The highest BCUT2D eigenvalue weighted by Crippen LogP contribution is 2.24. The molecule has 0 spiro atoms. The summed E-state index contributed by atoms with van der Waals surface area (Å²) in [6.07, 6.45) is 1.34. The monoisotopic (exact) mass is 437 g/mol. The largest absolute Gasteiger partial charge is 0.497 e. The highest BCUT2D eigenvalue weighted by Gasteiger charge is 2.24. The summed E-state index contributed by atoms with van der Waals surface area (Å²) in [4.78, 5) is 12.7. The van der Waals surface area contributed by atoms with E-state index < -0.39 is 26.0 Å². The first-order valence-corrected chi connectivity index (χ1v) is 11.1. The van der Waals surface area contributed by atoms with Crippen molar-refractivity contribution in [2.75, 3.05) is 7.11 Å². The highest BCUT2D eigenvalue weighted by atomic mass is 32.2. The molecule has 1 aromatic heterocycles. The van der Waals surface area contributed by atoms with E-state index in [1.54, 1.807) is 4.57 Å². The molecule has 0 unspecified atom stereocenters. The second kappa shape index (κ2) is 8.00. The number of rotatable bonds is 5. The molecule has 158 valence electrons. The Labute approximate surface area is 179 Å². The Balaban J connectivity index is 1.93. The fourth-order valence-electron chi connectivity index (χ4n) is 3.44. The molecular formula is C24H20FNO4S. The smallest absolute Gasteiger partial charge is 0.211 e. The molecule has 4 aromatic rings. The molecule has 1 heterocycles. The minimum atomic E-state index is -4.13. The number of pyridine rings is 1. The molecule has 0 aliphatic heterocycles. The second-order valence-electron chi connectivity index (χ2n) is 7.28. The normalized spacial score (nSPS) is 11.6. The summed E-state index contributed by atoms with van der Waals surface area (Å²) in [5.74, 6) is -0.109. The standard InChI is InChI=1S/C24H20FNO4S/c1-16-3-5-17(6-4-16)14-26-15-23(24(27)21-13-18(25)7-12-22(21)26)31(28,29)20-10-8-19(30-2)9-11-20/h3-13,15H,14H2,1-2H3. The first-order chi connectivity index (χ1) is 14.8. The van der Waals surface area contributed by atoms with Gasteiger partial charge in [-0.1, -0.05) is 29.8 Å². The molecule has 0 atom stereocenters. The van der Waals surface area contributed by atoms with E-state index in [1.165, 1.54) is 49.7 Å². The topological polar surface area (TPSA) is 65.4 Å². The van der Waals surface area contributed by atoms with Crippen molar-refractivity contribution in [1.29, 1.82) is 0 Å². The highest BCUT2D eigenvalue weighted by molar-refractivity contribution is 7.91. The van der Waals surface area contributed by atoms with Crippen LogP contribution in [0, 0.1) is 12.7 Å². The number of fused-ring (bicyclic) bond motifs is 1. The number of hydrogen-bond acceptors (Lipinski definition) is 4. The average Bonchev–Trinajstić information content (AvgIpc) is 2.77. The first-order valence-electron chi connectivity index (χ1n) is 9.57. The Hall–Kier alpha value is -3.45. The number of hydrogen-bond donors (Lipinski definition) is 0. The Morgan fingerprint density at radius 3 is 2.29 bits per heavy atom. The van der Waals surface area contributed by atoms with E-state index in [4.69, 9.17) is 4.74 Å². The molecule has 0 N–H and O–H groups in total. The van der Waals surface area contributed by atoms with Gasteiger partial charge in [0.15, 0.2) is 0 Å². The lowest BCUT2D eigenvalue weighted by atomic mass is 10.1. The fraction of sp³-hybridized carbons (Fsp3) is 0.125. The van der Waals surface area contributed by atoms with Gasteiger partial charge in [0.1, 0.15) is 16.5 Å². The number of aromatic nitrogens is 1. The van der Waals surface area contributed by atoms with Crippen LogP contribution in [0.1, 0.15) is 11.1 Å². The first kappa shape index (κ1) is 20.8. The Kier molecular flexibility index (Phi) is 5.37. The zero-order chi connectivity index (χ0) is 22.2. The molecule has 7 heteroatoms. The molecule has 31 heavy (non-hydrogen) atoms. The lowest BCUT2D eigenvalue weighted by Gasteiger charge is -2.14. The lowest BCUT2D eigenvalue weighted by Crippen LogP contribution is -2.20. The summed E-state index contributed by atoms with van der Waals surface area (Å²) in [5, 5.41) is 0.0155. The maximum absolute atomic E-state index is 13.9. The Morgan fingerprint density at radius 1 is 0.968 bits per heavy atom. The quantitative estimate of drug-likeness (QED) is 0.466. The van der Waals surface area contributed by atoms with Gasteiger partial charge in [-0.05, 0) is 55.0 Å². The van der Waals surface area contributed by atoms with E-state index in [2.05, 4.69) is 0 Å². The zero-order valence-corrected chi connectivity index (χ0v) is 17.8. The third-order valence-electron chi connectivity index (χ3n) is 5.14. The summed E-state index contributed by atoms with van der Waals surface area (Å²) in [6.45, 7) is 2.30. The Morgan fingerprint density at radius 2 is 1.65 bits per heavy atom. The van der Waals surface area contributed by atoms with Crippen molar-refractivity contribution in [3.05, 3.63) is 100 Å². The van der Waals surface area contributed by atoms with Gasteiger partial charge in [0, 0.05) is 18.1 Å². The summed E-state index contributed by atoms with van der Waals surface area (Å²) < 4.78 is 47.2. The summed E-state index contributed by atoms with van der Waals surface area (Å²) in [5.41, 5.74) is 1.75. The van der Waals surface area contributed by atoms with Crippen molar-refractivity contribution < 1.29 is 17.5 Å². The predicted molar refractivity (Wildman–Crippen MR) is 117 cm³/mol. The van der Waals surface area contributed by atoms with Crippen LogP contribution < -0.4 is 10.2 Å². The fourth-order valence-corrected chi connectivity index (χ4v) is 4.81. The number of sulfone groups is 1. The van der Waals surface area contributed by atoms with Crippen molar-refractivity contribution in [1.82, 2.24) is 4.57 Å². The van der Waals surface area contributed by atoms with Crippen LogP contribution in [0.25, 0.3) is 10.9 Å². The van der Waals surface area contributed by atoms with E-state index in [0.717, 1.165) is 17.2 Å². The molecule has 0 bridgehead atoms. The number of methoxy groups -OCH3 is 1. The van der Waals surface area contributed by atoms with Gasteiger partial charge in [0.2, 0.25) is 15.3 Å². The molecule has 0 fully saturated rings. The molecule has 0 radical (unpaired) electrons. The predicted octanol–water partition coefficient (Wildman–Crippen LogP) is 4.34. The number of benzene rings is 3. The van der Waals surface area contributed by atoms with Gasteiger partial charge in [-0.3, -0.25) is 4.79 Å². The molecule has 0 aliphatic rings. The second-order valence-corrected chi connectivity index (χ2v) is 9.19. The maximum Gasteiger partial charge on any atom is 0.211 e. The number of halogens is 1. The van der Waals surface area contributed by atoms with Crippen LogP contribution in [0.5, 0.6) is 5.75 Å². The van der Waals surface area contributed by atoms with E-state index >= 15 is 0 Å². The molecule has 0 aliphatic carbocycles. The minimum absolute atomic E-state index is 0.0155. The van der Waals surface area contributed by atoms with Gasteiger partial charge in [0.05, 0.1) is 17.5 Å². The third-order valence-corrected chi connectivity index (χ3v) is 6.90. The van der Waals surface area contributed by atoms with Crippen LogP contribution >= 0.6 is 0 Å². The van der Waals surface area contributed by atoms with Gasteiger partial charge in [-0.15, -0.1) is 0 Å². The van der Waals surface area contributed by atoms with Crippen LogP contribution in [0.3, 0.4) is 0 Å². The van der Waals surface area contributed by atoms with Crippen molar-refractivity contribution in [2.45, 2.75) is 23.3 Å². The van der Waals surface area contributed by atoms with Crippen molar-refractivity contribution in [3.8, 4) is 5.75 Å². The molecule has 0 saturated carbocycles. The molecular weight excluding hydrogens is 417 g/mol. The Bertz CT molecular complexity index is 1420. The minimum Gasteiger partial charge on any atom is -0.497 e. The SMILES string of the molecule is COc1ccc(S(=O)(=O)c2cn(Cc3ccc(C)cc3)c3ccc(F)cc3c2=O)cc1. The number of ether oxygens (including phenoxy) is 1. The van der Waals surface area contributed by atoms with Crippen LogP contribution in [-0.4, -0.2) is 20.1 Å². The maximum atomic E-state index is 13.9. The number of nitrogens with zero attached hydrogens (tertiary/aromatic N) is 1. The summed E-state index contributed by atoms with van der Waals surface area (Å²) in [6, 6.07) is 17.4. The van der Waals surface area contributed by atoms with Crippen molar-refractivity contribution >= 4 is 20.7 Å². The van der Waals surface area contributed by atoms with Crippen LogP contribution in [-0.2, 0) is 16.4 Å². The van der Waals surface area contributed by atoms with Crippen molar-refractivity contribution in [3.63, 3.8) is 0 Å². The van der Waals surface area contributed by atoms with Crippen molar-refractivity contribution in [2.24, 2.45) is 0 Å². The third kappa shape index (κ3) is 3.96. The molecule has 4 rings (SSSR count). The average molecular weight is 437 g/mol. The molecule has 3 aromatic carbocycles. The lowest BCUT2D eigenvalue weighted by molar-refractivity contribution is 0.414. The van der Waals surface area contributed by atoms with E-state index in [-0.39, 0.29) is 10.3 Å². The number of aryl methyl sites for hydroxylation is 1. The van der Waals surface area contributed by atoms with E-state index in [9.17, 15) is 17.6 Å². The van der Waals surface area contributed by atoms with Gasteiger partial charge in [0.25, 0.3) is 0 Å². The summed E-state index contributed by atoms with van der Waals surface area (Å²) in [7, 11) is -2.65. The van der Waals surface area contributed by atoms with E-state index in [1.807, 2.05) is 31.2 Å². The zero-order valence-electron chi connectivity index (χ0n) is 17.0. The molecule has 0 saturated heterocycles. The van der Waals surface area contributed by atoms with Gasteiger partial charge in [-0.25, -0.2) is 12.8 Å².